The second-order valence-electron chi connectivity index (χ2n) is 5.58. The van der Waals surface area contributed by atoms with E-state index in [-0.39, 0.29) is 17.7 Å². The smallest absolute Gasteiger partial charge is 0.293 e. The van der Waals surface area contributed by atoms with Crippen molar-refractivity contribution in [2.45, 2.75) is 13.5 Å². The maximum atomic E-state index is 12.6. The Kier molecular flexibility index (Phi) is 5.40. The highest BCUT2D eigenvalue weighted by Crippen LogP contribution is 2.33. The van der Waals surface area contributed by atoms with Crippen molar-refractivity contribution in [1.82, 2.24) is 4.90 Å². The Morgan fingerprint density at radius 2 is 1.81 bits per heavy atom. The van der Waals surface area contributed by atoms with Crippen molar-refractivity contribution < 1.29 is 14.3 Å². The fourth-order valence-electron chi connectivity index (χ4n) is 2.48. The number of carbonyl (C=O) groups excluding carboxylic acids is 2. The predicted molar refractivity (Wildman–Crippen MR) is 100 cm³/mol. The molecule has 0 N–H and O–H groups in total. The number of hydrogen-bond acceptors (Lipinski definition) is 5. The third kappa shape index (κ3) is 3.95. The minimum absolute atomic E-state index is 0.191. The number of nitriles is 1. The Morgan fingerprint density at radius 1 is 1.12 bits per heavy atom. The Labute approximate surface area is 155 Å². The molecule has 2 aromatic rings. The minimum Gasteiger partial charge on any atom is -0.494 e. The molecule has 0 radical (unpaired) electrons. The van der Waals surface area contributed by atoms with Crippen molar-refractivity contribution in [2.24, 2.45) is 0 Å². The Balaban J connectivity index is 1.74. The van der Waals surface area contributed by atoms with Crippen LogP contribution in [-0.4, -0.2) is 22.7 Å². The summed E-state index contributed by atoms with van der Waals surface area (Å²) in [5.74, 6) is 0.455. The van der Waals surface area contributed by atoms with Crippen molar-refractivity contribution in [2.75, 3.05) is 6.61 Å². The quantitative estimate of drug-likeness (QED) is 0.744. The number of imide groups is 1. The number of benzene rings is 2. The summed E-state index contributed by atoms with van der Waals surface area (Å²) < 4.78 is 5.39. The number of rotatable bonds is 5. The lowest BCUT2D eigenvalue weighted by molar-refractivity contribution is -0.123. The molecule has 2 amide bonds. The van der Waals surface area contributed by atoms with Gasteiger partial charge in [0.15, 0.2) is 0 Å². The minimum atomic E-state index is -0.307. The van der Waals surface area contributed by atoms with Crippen molar-refractivity contribution >= 4 is 29.0 Å². The number of amides is 2. The van der Waals surface area contributed by atoms with Gasteiger partial charge in [-0.15, -0.1) is 0 Å². The van der Waals surface area contributed by atoms with Crippen LogP contribution in [0.5, 0.6) is 5.75 Å². The van der Waals surface area contributed by atoms with Crippen LogP contribution in [0, 0.1) is 11.3 Å². The monoisotopic (exact) mass is 364 g/mol. The van der Waals surface area contributed by atoms with Gasteiger partial charge in [0, 0.05) is 0 Å². The SMILES string of the molecule is CCOc1ccc(/C=C2/SC(=O)N(Cc3ccc(C#N)cc3)C2=O)cc1. The Bertz CT molecular complexity index is 896. The van der Waals surface area contributed by atoms with Gasteiger partial charge in [-0.2, -0.15) is 5.26 Å². The van der Waals surface area contributed by atoms with E-state index >= 15 is 0 Å². The third-order valence-electron chi connectivity index (χ3n) is 3.79. The largest absolute Gasteiger partial charge is 0.494 e. The molecule has 2 aromatic carbocycles. The number of carbonyl (C=O) groups is 2. The van der Waals surface area contributed by atoms with E-state index in [2.05, 4.69) is 0 Å². The normalized spacial score (nSPS) is 15.4. The summed E-state index contributed by atoms with van der Waals surface area (Å²) in [5.41, 5.74) is 2.17. The van der Waals surface area contributed by atoms with E-state index in [1.54, 1.807) is 30.3 Å². The molecule has 5 nitrogen and oxygen atoms in total. The molecule has 1 saturated heterocycles. The fraction of sp³-hybridized carbons (Fsp3) is 0.150. The fourth-order valence-corrected chi connectivity index (χ4v) is 3.32. The first kappa shape index (κ1) is 17.8. The number of hydrogen-bond donors (Lipinski definition) is 0. The molecule has 0 aliphatic carbocycles. The van der Waals surface area contributed by atoms with Gasteiger partial charge in [-0.3, -0.25) is 14.5 Å². The maximum absolute atomic E-state index is 12.6. The van der Waals surface area contributed by atoms with E-state index in [0.717, 1.165) is 28.6 Å². The van der Waals surface area contributed by atoms with Crippen LogP contribution in [0.15, 0.2) is 53.4 Å². The van der Waals surface area contributed by atoms with Gasteiger partial charge in [-0.1, -0.05) is 24.3 Å². The van der Waals surface area contributed by atoms with E-state index in [4.69, 9.17) is 10.00 Å². The van der Waals surface area contributed by atoms with Gasteiger partial charge >= 0.3 is 0 Å². The number of ether oxygens (including phenoxy) is 1. The molecular formula is C20H16N2O3S. The van der Waals surface area contributed by atoms with Crippen LogP contribution < -0.4 is 4.74 Å². The van der Waals surface area contributed by atoms with Crippen LogP contribution in [0.25, 0.3) is 6.08 Å². The van der Waals surface area contributed by atoms with Gasteiger partial charge in [0.2, 0.25) is 0 Å². The lowest BCUT2D eigenvalue weighted by Gasteiger charge is -2.12. The standard InChI is InChI=1S/C20H16N2O3S/c1-2-25-17-9-7-14(8-10-17)11-18-19(23)22(20(24)26-18)13-16-5-3-15(12-21)4-6-16/h3-11H,2,13H2,1H3/b18-11+. The van der Waals surface area contributed by atoms with Gasteiger partial charge in [0.05, 0.1) is 29.7 Å². The molecule has 26 heavy (non-hydrogen) atoms. The van der Waals surface area contributed by atoms with Gasteiger partial charge < -0.3 is 4.74 Å². The summed E-state index contributed by atoms with van der Waals surface area (Å²) in [6.07, 6.45) is 1.71. The molecule has 1 aliphatic rings. The van der Waals surface area contributed by atoms with E-state index < -0.39 is 0 Å². The van der Waals surface area contributed by atoms with Gasteiger partial charge in [0.1, 0.15) is 5.75 Å². The summed E-state index contributed by atoms with van der Waals surface area (Å²) >= 11 is 0.933. The van der Waals surface area contributed by atoms with Crippen LogP contribution in [0.4, 0.5) is 4.79 Å². The lowest BCUT2D eigenvalue weighted by atomic mass is 10.1. The summed E-state index contributed by atoms with van der Waals surface area (Å²) in [4.78, 5) is 26.4. The first-order valence-corrected chi connectivity index (χ1v) is 8.89. The summed E-state index contributed by atoms with van der Waals surface area (Å²) in [5, 5.41) is 8.54. The van der Waals surface area contributed by atoms with Gasteiger partial charge in [0.25, 0.3) is 11.1 Å². The molecule has 0 atom stereocenters. The van der Waals surface area contributed by atoms with Crippen LogP contribution >= 0.6 is 11.8 Å². The first-order valence-electron chi connectivity index (χ1n) is 8.08. The second kappa shape index (κ2) is 7.89. The first-order chi connectivity index (χ1) is 12.6. The third-order valence-corrected chi connectivity index (χ3v) is 4.69. The Morgan fingerprint density at radius 3 is 2.42 bits per heavy atom. The van der Waals surface area contributed by atoms with E-state index in [0.29, 0.717) is 17.1 Å². The molecular weight excluding hydrogens is 348 g/mol. The second-order valence-corrected chi connectivity index (χ2v) is 6.57. The topological polar surface area (TPSA) is 70.4 Å². The average molecular weight is 364 g/mol. The predicted octanol–water partition coefficient (Wildman–Crippen LogP) is 4.19. The number of thioether (sulfide) groups is 1. The Hall–Kier alpha value is -3.04. The molecule has 0 unspecified atom stereocenters. The van der Waals surface area contributed by atoms with Crippen LogP contribution in [-0.2, 0) is 11.3 Å². The molecule has 0 bridgehead atoms. The van der Waals surface area contributed by atoms with E-state index in [1.807, 2.05) is 37.3 Å². The maximum Gasteiger partial charge on any atom is 0.293 e. The van der Waals surface area contributed by atoms with Crippen LogP contribution in [0.1, 0.15) is 23.6 Å². The molecule has 1 fully saturated rings. The van der Waals surface area contributed by atoms with Gasteiger partial charge in [-0.25, -0.2) is 0 Å². The summed E-state index contributed by atoms with van der Waals surface area (Å²) in [7, 11) is 0. The molecule has 0 spiro atoms. The highest BCUT2D eigenvalue weighted by atomic mass is 32.2. The van der Waals surface area contributed by atoms with Crippen molar-refractivity contribution in [3.05, 3.63) is 70.1 Å². The highest BCUT2D eigenvalue weighted by Gasteiger charge is 2.34. The zero-order valence-electron chi connectivity index (χ0n) is 14.1. The van der Waals surface area contributed by atoms with Gasteiger partial charge in [-0.05, 0) is 60.2 Å². The molecule has 1 heterocycles. The zero-order chi connectivity index (χ0) is 18.5. The molecule has 3 rings (SSSR count). The van der Waals surface area contributed by atoms with Crippen molar-refractivity contribution in [3.8, 4) is 11.8 Å². The molecule has 0 aromatic heterocycles. The summed E-state index contributed by atoms with van der Waals surface area (Å²) in [6.45, 7) is 2.70. The molecule has 6 heteroatoms. The van der Waals surface area contributed by atoms with Crippen molar-refractivity contribution in [1.29, 1.82) is 5.26 Å². The number of nitrogens with zero attached hydrogens (tertiary/aromatic N) is 2. The van der Waals surface area contributed by atoms with Crippen molar-refractivity contribution in [3.63, 3.8) is 0 Å². The van der Waals surface area contributed by atoms with Crippen LogP contribution in [0.2, 0.25) is 0 Å². The van der Waals surface area contributed by atoms with E-state index in [9.17, 15) is 9.59 Å². The zero-order valence-corrected chi connectivity index (χ0v) is 15.0. The molecule has 130 valence electrons. The van der Waals surface area contributed by atoms with Crippen LogP contribution in [0.3, 0.4) is 0 Å². The molecule has 0 saturated carbocycles. The van der Waals surface area contributed by atoms with E-state index in [1.165, 1.54) is 4.90 Å². The summed E-state index contributed by atoms with van der Waals surface area (Å²) in [6, 6.07) is 16.2. The molecule has 1 aliphatic heterocycles. The lowest BCUT2D eigenvalue weighted by Crippen LogP contribution is -2.27. The average Bonchev–Trinajstić information content (AvgIpc) is 2.91. The highest BCUT2D eigenvalue weighted by molar-refractivity contribution is 8.18.